The van der Waals surface area contributed by atoms with Crippen molar-refractivity contribution >= 4 is 33.9 Å². The molecule has 0 radical (unpaired) electrons. The van der Waals surface area contributed by atoms with Crippen LogP contribution < -0.4 is 0 Å². The molecular formula is C26H17NO. The number of nitrogens with one attached hydrogen (secondary N) is 1. The van der Waals surface area contributed by atoms with Crippen LogP contribution in [0.25, 0.3) is 21.9 Å². The molecule has 0 atom stereocenters. The van der Waals surface area contributed by atoms with Crippen molar-refractivity contribution in [2.75, 3.05) is 0 Å². The summed E-state index contributed by atoms with van der Waals surface area (Å²) in [5.41, 5.74) is 5.92. The second-order valence-electron chi connectivity index (χ2n) is 6.88. The highest BCUT2D eigenvalue weighted by Gasteiger charge is 2.30. The highest BCUT2D eigenvalue weighted by molar-refractivity contribution is 6.30. The van der Waals surface area contributed by atoms with Gasteiger partial charge in [-0.2, -0.15) is 0 Å². The SMILES string of the molecule is N=C/C(=C1\c2ccccc2C(=O)c2c1ccc1ccccc21)c1ccccc1. The van der Waals surface area contributed by atoms with E-state index < -0.39 is 0 Å². The van der Waals surface area contributed by atoms with E-state index in [9.17, 15) is 4.79 Å². The fraction of sp³-hybridized carbons (Fsp3) is 0. The zero-order valence-corrected chi connectivity index (χ0v) is 15.1. The van der Waals surface area contributed by atoms with Gasteiger partial charge in [-0.15, -0.1) is 0 Å². The number of hydrogen-bond acceptors (Lipinski definition) is 2. The molecule has 5 rings (SSSR count). The van der Waals surface area contributed by atoms with Gasteiger partial charge in [0.15, 0.2) is 5.78 Å². The number of ketones is 1. The van der Waals surface area contributed by atoms with E-state index >= 15 is 0 Å². The molecule has 0 fully saturated rings. The predicted octanol–water partition coefficient (Wildman–Crippen LogP) is 5.99. The Balaban J connectivity index is 1.96. The monoisotopic (exact) mass is 359 g/mol. The minimum Gasteiger partial charge on any atom is -0.308 e. The van der Waals surface area contributed by atoms with Crippen molar-refractivity contribution in [2.45, 2.75) is 0 Å². The van der Waals surface area contributed by atoms with E-state index in [2.05, 4.69) is 6.07 Å². The summed E-state index contributed by atoms with van der Waals surface area (Å²) in [4.78, 5) is 13.4. The van der Waals surface area contributed by atoms with Crippen molar-refractivity contribution in [1.29, 1.82) is 5.41 Å². The molecular weight excluding hydrogens is 342 g/mol. The Morgan fingerprint density at radius 1 is 0.679 bits per heavy atom. The van der Waals surface area contributed by atoms with E-state index in [0.717, 1.165) is 44.2 Å². The molecule has 0 saturated carbocycles. The molecule has 0 aliphatic heterocycles. The highest BCUT2D eigenvalue weighted by Crippen LogP contribution is 2.42. The van der Waals surface area contributed by atoms with Crippen LogP contribution in [0.4, 0.5) is 0 Å². The molecule has 1 aliphatic rings. The van der Waals surface area contributed by atoms with Gasteiger partial charge in [0.1, 0.15) is 0 Å². The number of benzene rings is 4. The third kappa shape index (κ3) is 2.35. The van der Waals surface area contributed by atoms with E-state index in [1.54, 1.807) is 0 Å². The number of carbonyl (C=O) groups excluding carboxylic acids is 1. The second-order valence-corrected chi connectivity index (χ2v) is 6.88. The van der Waals surface area contributed by atoms with Gasteiger partial charge in [0.25, 0.3) is 0 Å². The van der Waals surface area contributed by atoms with Crippen molar-refractivity contribution in [3.63, 3.8) is 0 Å². The molecule has 0 bridgehead atoms. The average molecular weight is 359 g/mol. The molecule has 4 aromatic carbocycles. The van der Waals surface area contributed by atoms with Crippen LogP contribution in [0.5, 0.6) is 0 Å². The van der Waals surface area contributed by atoms with Gasteiger partial charge in [-0.05, 0) is 33.0 Å². The van der Waals surface area contributed by atoms with Gasteiger partial charge in [0, 0.05) is 22.9 Å². The second kappa shape index (κ2) is 6.43. The van der Waals surface area contributed by atoms with Crippen LogP contribution >= 0.6 is 0 Å². The maximum absolute atomic E-state index is 13.4. The van der Waals surface area contributed by atoms with E-state index in [4.69, 9.17) is 5.41 Å². The van der Waals surface area contributed by atoms with Crippen LogP contribution in [0.3, 0.4) is 0 Å². The molecule has 0 saturated heterocycles. The van der Waals surface area contributed by atoms with E-state index in [1.165, 1.54) is 6.21 Å². The minimum atomic E-state index is 0.0449. The summed E-state index contributed by atoms with van der Waals surface area (Å²) < 4.78 is 0. The van der Waals surface area contributed by atoms with E-state index in [1.807, 2.05) is 84.9 Å². The van der Waals surface area contributed by atoms with E-state index in [-0.39, 0.29) is 5.78 Å². The summed E-state index contributed by atoms with van der Waals surface area (Å²) in [5.74, 6) is 0.0449. The molecule has 0 aromatic heterocycles. The fourth-order valence-electron chi connectivity index (χ4n) is 4.11. The van der Waals surface area contributed by atoms with Crippen molar-refractivity contribution < 1.29 is 4.79 Å². The number of allylic oxidation sites excluding steroid dienone is 1. The van der Waals surface area contributed by atoms with Gasteiger partial charge in [0.05, 0.1) is 0 Å². The summed E-state index contributed by atoms with van der Waals surface area (Å²) in [5, 5.41) is 10.2. The van der Waals surface area contributed by atoms with Crippen molar-refractivity contribution in [2.24, 2.45) is 0 Å². The number of carbonyl (C=O) groups is 1. The van der Waals surface area contributed by atoms with Gasteiger partial charge in [-0.3, -0.25) is 4.79 Å². The van der Waals surface area contributed by atoms with Gasteiger partial charge in [-0.25, -0.2) is 0 Å². The van der Waals surface area contributed by atoms with Gasteiger partial charge in [-0.1, -0.05) is 91.0 Å². The lowest BCUT2D eigenvalue weighted by Crippen LogP contribution is -2.16. The van der Waals surface area contributed by atoms with Crippen LogP contribution in [-0.4, -0.2) is 12.0 Å². The molecule has 1 aliphatic carbocycles. The number of rotatable bonds is 2. The lowest BCUT2D eigenvalue weighted by molar-refractivity contribution is 0.103. The summed E-state index contributed by atoms with van der Waals surface area (Å²) in [6.45, 7) is 0. The summed E-state index contributed by atoms with van der Waals surface area (Å²) >= 11 is 0. The van der Waals surface area contributed by atoms with Crippen LogP contribution in [-0.2, 0) is 0 Å². The zero-order chi connectivity index (χ0) is 19.1. The van der Waals surface area contributed by atoms with E-state index in [0.29, 0.717) is 5.56 Å². The maximum Gasteiger partial charge on any atom is 0.194 e. The Bertz CT molecular complexity index is 1280. The molecule has 0 spiro atoms. The standard InChI is InChI=1S/C26H17NO/c27-16-23(17-8-2-1-3-9-17)24-20-12-6-7-13-21(20)26(28)25-19-11-5-4-10-18(19)14-15-22(24)25/h1-16,27H/b24-23-,27-16?. The normalized spacial score (nSPS) is 14.4. The quantitative estimate of drug-likeness (QED) is 0.386. The predicted molar refractivity (Wildman–Crippen MR) is 115 cm³/mol. The van der Waals surface area contributed by atoms with Crippen molar-refractivity contribution in [3.8, 4) is 0 Å². The topological polar surface area (TPSA) is 40.9 Å². The fourth-order valence-corrected chi connectivity index (χ4v) is 4.11. The first-order valence-corrected chi connectivity index (χ1v) is 9.26. The average Bonchev–Trinajstić information content (AvgIpc) is 2.76. The molecule has 0 amide bonds. The molecule has 1 N–H and O–H groups in total. The summed E-state index contributed by atoms with van der Waals surface area (Å²) in [6.07, 6.45) is 1.40. The Morgan fingerprint density at radius 2 is 1.36 bits per heavy atom. The van der Waals surface area contributed by atoms with Crippen LogP contribution in [0.1, 0.15) is 32.6 Å². The summed E-state index contributed by atoms with van der Waals surface area (Å²) in [6, 6.07) is 29.7. The van der Waals surface area contributed by atoms with Gasteiger partial charge in [0.2, 0.25) is 0 Å². The van der Waals surface area contributed by atoms with Crippen LogP contribution in [0, 0.1) is 5.41 Å². The number of fused-ring (bicyclic) bond motifs is 4. The Kier molecular flexibility index (Phi) is 3.77. The Hall–Kier alpha value is -3.78. The molecule has 0 heterocycles. The van der Waals surface area contributed by atoms with Crippen molar-refractivity contribution in [1.82, 2.24) is 0 Å². The van der Waals surface area contributed by atoms with Gasteiger partial charge >= 0.3 is 0 Å². The van der Waals surface area contributed by atoms with Crippen LogP contribution in [0.15, 0.2) is 91.0 Å². The molecule has 0 unspecified atom stereocenters. The first kappa shape index (κ1) is 16.4. The maximum atomic E-state index is 13.4. The third-order valence-electron chi connectivity index (χ3n) is 5.36. The summed E-state index contributed by atoms with van der Waals surface area (Å²) in [7, 11) is 0. The Labute approximate surface area is 163 Å². The lowest BCUT2D eigenvalue weighted by Gasteiger charge is -2.25. The molecule has 28 heavy (non-hydrogen) atoms. The van der Waals surface area contributed by atoms with Crippen molar-refractivity contribution in [3.05, 3.63) is 119 Å². The first-order chi connectivity index (χ1) is 13.8. The first-order valence-electron chi connectivity index (χ1n) is 9.26. The zero-order valence-electron chi connectivity index (χ0n) is 15.1. The van der Waals surface area contributed by atoms with Gasteiger partial charge < -0.3 is 5.41 Å². The largest absolute Gasteiger partial charge is 0.308 e. The highest BCUT2D eigenvalue weighted by atomic mass is 16.1. The third-order valence-corrected chi connectivity index (χ3v) is 5.36. The molecule has 2 heteroatoms. The Morgan fingerprint density at radius 3 is 2.14 bits per heavy atom. The molecule has 132 valence electrons. The molecule has 2 nitrogen and oxygen atoms in total. The van der Waals surface area contributed by atoms with Crippen LogP contribution in [0.2, 0.25) is 0 Å². The molecule has 4 aromatic rings. The lowest BCUT2D eigenvalue weighted by atomic mass is 9.77. The smallest absolute Gasteiger partial charge is 0.194 e. The minimum absolute atomic E-state index is 0.0449. The number of hydrogen-bond donors (Lipinski definition) is 1.